The Morgan fingerprint density at radius 1 is 1.11 bits per heavy atom. The molecule has 1 aromatic carbocycles. The van der Waals surface area contributed by atoms with Crippen LogP contribution >= 0.6 is 0 Å². The molecule has 0 unspecified atom stereocenters. The van der Waals surface area contributed by atoms with E-state index in [1.165, 1.54) is 9.96 Å². The summed E-state index contributed by atoms with van der Waals surface area (Å²) in [6.45, 7) is 3.83. The van der Waals surface area contributed by atoms with Crippen molar-refractivity contribution in [1.82, 2.24) is 18.9 Å². The van der Waals surface area contributed by atoms with Gasteiger partial charge in [0.05, 0.1) is 17.6 Å². The quantitative estimate of drug-likeness (QED) is 0.425. The van der Waals surface area contributed by atoms with Crippen LogP contribution in [0.4, 0.5) is 0 Å². The molecule has 0 radical (unpaired) electrons. The minimum atomic E-state index is -0.250. The third-order valence-corrected chi connectivity index (χ3v) is 7.15. The number of benzene rings is 1. The lowest BCUT2D eigenvalue weighted by atomic mass is 9.90. The van der Waals surface area contributed by atoms with Crippen LogP contribution in [0.5, 0.6) is 0 Å². The van der Waals surface area contributed by atoms with E-state index in [1.54, 1.807) is 30.0 Å². The smallest absolute Gasteiger partial charge is 0.267 e. The zero-order valence-electron chi connectivity index (χ0n) is 20.7. The van der Waals surface area contributed by atoms with E-state index in [1.807, 2.05) is 24.0 Å². The van der Waals surface area contributed by atoms with Crippen LogP contribution in [0.3, 0.4) is 0 Å². The van der Waals surface area contributed by atoms with Gasteiger partial charge >= 0.3 is 0 Å². The number of aryl methyl sites for hydroxylation is 1. The number of methoxy groups -OCH3 is 1. The maximum absolute atomic E-state index is 13.6. The minimum absolute atomic E-state index is 0.0563. The molecule has 186 valence electrons. The lowest BCUT2D eigenvalue weighted by molar-refractivity contribution is 0.0687. The fraction of sp³-hybridized carbons (Fsp3) is 0.357. The molecule has 1 amide bonds. The normalized spacial score (nSPS) is 14.6. The van der Waals surface area contributed by atoms with Gasteiger partial charge in [-0.15, -0.1) is 0 Å². The molecule has 0 atom stereocenters. The number of hydrogen-bond acceptors (Lipinski definition) is 5. The number of carbonyl (C=O) groups excluding carboxylic acids is 1. The van der Waals surface area contributed by atoms with E-state index >= 15 is 0 Å². The molecule has 5 rings (SSSR count). The summed E-state index contributed by atoms with van der Waals surface area (Å²) in [4.78, 5) is 33.6. The molecule has 0 bridgehead atoms. The number of nitrogens with one attached hydrogen (secondary N) is 1. The van der Waals surface area contributed by atoms with E-state index in [-0.39, 0.29) is 22.5 Å². The van der Waals surface area contributed by atoms with E-state index in [2.05, 4.69) is 24.3 Å². The Labute approximate surface area is 209 Å². The predicted molar refractivity (Wildman–Crippen MR) is 138 cm³/mol. The maximum atomic E-state index is 13.6. The number of aromatic nitrogens is 3. The number of nitrogens with zero attached hydrogens (tertiary/aromatic N) is 4. The first-order chi connectivity index (χ1) is 17.5. The monoisotopic (exact) mass is 485 g/mol. The molecule has 1 aliphatic rings. The van der Waals surface area contributed by atoms with Crippen LogP contribution in [0.15, 0.2) is 59.5 Å². The third kappa shape index (κ3) is 4.44. The molecule has 8 nitrogen and oxygen atoms in total. The molecule has 0 aliphatic carbocycles. The van der Waals surface area contributed by atoms with Crippen LogP contribution < -0.4 is 11.0 Å². The lowest BCUT2D eigenvalue weighted by Crippen LogP contribution is -2.42. The summed E-state index contributed by atoms with van der Waals surface area (Å²) >= 11 is 0. The molecule has 8 heteroatoms. The van der Waals surface area contributed by atoms with Gasteiger partial charge in [0.2, 0.25) is 0 Å². The molecule has 36 heavy (non-hydrogen) atoms. The molecule has 0 spiro atoms. The largest absolute Gasteiger partial charge is 0.383 e. The average molecular weight is 486 g/mol. The number of fused-ring (bicyclic) bond motifs is 2. The number of hydrogen-bond donors (Lipinski definition) is 1. The van der Waals surface area contributed by atoms with Crippen LogP contribution in [0, 0.1) is 18.3 Å². The summed E-state index contributed by atoms with van der Waals surface area (Å²) in [6, 6.07) is 15.7. The highest BCUT2D eigenvalue weighted by Crippen LogP contribution is 2.23. The van der Waals surface area contributed by atoms with Gasteiger partial charge in [-0.2, -0.15) is 0 Å². The van der Waals surface area contributed by atoms with Gasteiger partial charge in [0.15, 0.2) is 0 Å². The predicted octanol–water partition coefficient (Wildman–Crippen LogP) is 3.18. The van der Waals surface area contributed by atoms with Gasteiger partial charge in [0.25, 0.3) is 11.5 Å². The Bertz CT molecular complexity index is 1530. The number of carbonyl (C=O) groups is 1. The summed E-state index contributed by atoms with van der Waals surface area (Å²) in [5.41, 5.74) is 3.15. The molecule has 0 saturated carbocycles. The van der Waals surface area contributed by atoms with Gasteiger partial charge in [-0.1, -0.05) is 36.4 Å². The second-order valence-corrected chi connectivity index (χ2v) is 9.52. The molecule has 1 saturated heterocycles. The Balaban J connectivity index is 1.50. The summed E-state index contributed by atoms with van der Waals surface area (Å²) in [7, 11) is 1.59. The maximum Gasteiger partial charge on any atom is 0.267 e. The Hall–Kier alpha value is -3.78. The van der Waals surface area contributed by atoms with Crippen LogP contribution in [0.2, 0.25) is 0 Å². The van der Waals surface area contributed by atoms with Crippen molar-refractivity contribution in [3.63, 3.8) is 0 Å². The van der Waals surface area contributed by atoms with Gasteiger partial charge < -0.3 is 14.2 Å². The molecule has 1 aliphatic heterocycles. The molecule has 1 fully saturated rings. The van der Waals surface area contributed by atoms with E-state index in [0.29, 0.717) is 48.8 Å². The molecule has 4 heterocycles. The Kier molecular flexibility index (Phi) is 6.69. The second kappa shape index (κ2) is 10.1. The van der Waals surface area contributed by atoms with E-state index in [4.69, 9.17) is 15.1 Å². The minimum Gasteiger partial charge on any atom is -0.383 e. The van der Waals surface area contributed by atoms with Crippen molar-refractivity contribution < 1.29 is 9.53 Å². The van der Waals surface area contributed by atoms with Crippen molar-refractivity contribution >= 4 is 22.6 Å². The number of piperidine rings is 1. The van der Waals surface area contributed by atoms with Gasteiger partial charge in [-0.05, 0) is 55.4 Å². The van der Waals surface area contributed by atoms with Crippen molar-refractivity contribution in [2.24, 2.45) is 5.92 Å². The fourth-order valence-corrected chi connectivity index (χ4v) is 5.12. The van der Waals surface area contributed by atoms with Gasteiger partial charge in [-0.25, -0.2) is 4.98 Å². The SMILES string of the molecule is COCCn1c(=N)c(C(=O)N2CCC(Cc3ccccc3)CC2)cc2c(=O)n3cccc(C)c3nc21. The first-order valence-corrected chi connectivity index (χ1v) is 12.4. The van der Waals surface area contributed by atoms with E-state index in [9.17, 15) is 9.59 Å². The van der Waals surface area contributed by atoms with Crippen LogP contribution in [-0.4, -0.2) is 51.6 Å². The molecule has 1 N–H and O–H groups in total. The van der Waals surface area contributed by atoms with Crippen molar-refractivity contribution in [2.75, 3.05) is 26.8 Å². The Morgan fingerprint density at radius 2 is 1.86 bits per heavy atom. The van der Waals surface area contributed by atoms with Crippen LogP contribution in [-0.2, 0) is 17.7 Å². The van der Waals surface area contributed by atoms with Gasteiger partial charge in [-0.3, -0.25) is 19.4 Å². The van der Waals surface area contributed by atoms with Crippen molar-refractivity contribution in [1.29, 1.82) is 5.41 Å². The fourth-order valence-electron chi connectivity index (χ4n) is 5.12. The molecular formula is C28H31N5O3. The number of amides is 1. The van der Waals surface area contributed by atoms with Crippen molar-refractivity contribution in [3.8, 4) is 0 Å². The summed E-state index contributed by atoms with van der Waals surface area (Å²) < 4.78 is 8.39. The van der Waals surface area contributed by atoms with E-state index < -0.39 is 0 Å². The zero-order chi connectivity index (χ0) is 25.2. The summed E-state index contributed by atoms with van der Waals surface area (Å²) in [6.07, 6.45) is 4.53. The number of pyridine rings is 2. The van der Waals surface area contributed by atoms with Crippen molar-refractivity contribution in [3.05, 3.63) is 87.3 Å². The molecule has 4 aromatic rings. The Morgan fingerprint density at radius 3 is 2.58 bits per heavy atom. The van der Waals surface area contributed by atoms with Crippen LogP contribution in [0.25, 0.3) is 16.7 Å². The molecular weight excluding hydrogens is 454 g/mol. The van der Waals surface area contributed by atoms with Crippen molar-refractivity contribution in [2.45, 2.75) is 32.7 Å². The number of rotatable bonds is 6. The number of ether oxygens (including phenoxy) is 1. The second-order valence-electron chi connectivity index (χ2n) is 9.52. The van der Waals surface area contributed by atoms with E-state index in [0.717, 1.165) is 24.8 Å². The average Bonchev–Trinajstić information content (AvgIpc) is 2.89. The van der Waals surface area contributed by atoms with Crippen LogP contribution in [0.1, 0.15) is 34.3 Å². The first kappa shape index (κ1) is 23.9. The number of likely N-dealkylation sites (tertiary alicyclic amines) is 1. The zero-order valence-corrected chi connectivity index (χ0v) is 20.7. The third-order valence-electron chi connectivity index (χ3n) is 7.15. The first-order valence-electron chi connectivity index (χ1n) is 12.4. The lowest BCUT2D eigenvalue weighted by Gasteiger charge is -2.32. The molecule has 3 aromatic heterocycles. The highest BCUT2D eigenvalue weighted by Gasteiger charge is 2.26. The van der Waals surface area contributed by atoms with Gasteiger partial charge in [0, 0.05) is 32.9 Å². The summed E-state index contributed by atoms with van der Waals surface area (Å²) in [5.74, 6) is 0.318. The standard InChI is InChI=1S/C28H31N5O3/c1-19-7-6-12-33-25(19)30-26-23(28(33)35)18-22(24(29)32(26)15-16-36-2)27(34)31-13-10-21(11-14-31)17-20-8-4-3-5-9-20/h3-9,12,18,21,29H,10-11,13-17H2,1-2H3. The topological polar surface area (TPSA) is 92.7 Å². The summed E-state index contributed by atoms with van der Waals surface area (Å²) in [5, 5.41) is 9.21. The highest BCUT2D eigenvalue weighted by atomic mass is 16.5. The van der Waals surface area contributed by atoms with Gasteiger partial charge in [0.1, 0.15) is 16.8 Å². The highest BCUT2D eigenvalue weighted by molar-refractivity contribution is 5.97.